The lowest BCUT2D eigenvalue weighted by Crippen LogP contribution is -1.95. The number of nitriles is 1. The molecule has 2 rings (SSSR count). The predicted octanol–water partition coefficient (Wildman–Crippen LogP) is 3.90. The third-order valence-electron chi connectivity index (χ3n) is 2.25. The maximum absolute atomic E-state index is 8.85. The third kappa shape index (κ3) is 3.33. The molecule has 0 heterocycles. The summed E-state index contributed by atoms with van der Waals surface area (Å²) in [4.78, 5) is 0. The zero-order valence-corrected chi connectivity index (χ0v) is 10.6. The standard InChI is InChI=1S/C14H10BrNO/c15-13-6-12(9-16)7-14(8-13)17-10-11-4-2-1-3-5-11/h1-8H,10H2. The first kappa shape index (κ1) is 11.7. The maximum atomic E-state index is 8.85. The predicted molar refractivity (Wildman–Crippen MR) is 69.6 cm³/mol. The van der Waals surface area contributed by atoms with Crippen LogP contribution < -0.4 is 4.74 Å². The molecule has 0 N–H and O–H groups in total. The molecule has 0 fully saturated rings. The van der Waals surface area contributed by atoms with Crippen molar-refractivity contribution >= 4 is 15.9 Å². The number of benzene rings is 2. The van der Waals surface area contributed by atoms with Crippen molar-refractivity contribution in [3.05, 3.63) is 64.1 Å². The van der Waals surface area contributed by atoms with E-state index in [1.54, 1.807) is 12.1 Å². The molecular weight excluding hydrogens is 278 g/mol. The Hall–Kier alpha value is -1.79. The molecule has 0 atom stereocenters. The second kappa shape index (κ2) is 5.51. The molecule has 0 aliphatic heterocycles. The summed E-state index contributed by atoms with van der Waals surface area (Å²) in [6, 6.07) is 17.4. The van der Waals surface area contributed by atoms with Crippen molar-refractivity contribution in [2.75, 3.05) is 0 Å². The quantitative estimate of drug-likeness (QED) is 0.858. The van der Waals surface area contributed by atoms with Crippen molar-refractivity contribution in [3.63, 3.8) is 0 Å². The first-order chi connectivity index (χ1) is 8.28. The Morgan fingerprint density at radius 1 is 1.12 bits per heavy atom. The van der Waals surface area contributed by atoms with E-state index in [0.29, 0.717) is 17.9 Å². The molecule has 2 aromatic carbocycles. The molecule has 0 aliphatic rings. The smallest absolute Gasteiger partial charge is 0.122 e. The van der Waals surface area contributed by atoms with Crippen molar-refractivity contribution in [3.8, 4) is 11.8 Å². The molecule has 0 spiro atoms. The molecule has 0 saturated heterocycles. The minimum Gasteiger partial charge on any atom is -0.489 e. The Morgan fingerprint density at radius 3 is 2.59 bits per heavy atom. The number of halogens is 1. The van der Waals surface area contributed by atoms with Crippen LogP contribution in [0.25, 0.3) is 0 Å². The monoisotopic (exact) mass is 287 g/mol. The van der Waals surface area contributed by atoms with Crippen molar-refractivity contribution in [2.45, 2.75) is 6.61 Å². The lowest BCUT2D eigenvalue weighted by atomic mass is 10.2. The highest BCUT2D eigenvalue weighted by Gasteiger charge is 2.00. The van der Waals surface area contributed by atoms with Crippen LogP contribution in [-0.4, -0.2) is 0 Å². The fourth-order valence-corrected chi connectivity index (χ4v) is 1.92. The summed E-state index contributed by atoms with van der Waals surface area (Å²) in [5, 5.41) is 8.85. The van der Waals surface area contributed by atoms with E-state index in [0.717, 1.165) is 10.0 Å². The Balaban J connectivity index is 2.10. The Labute approximate surface area is 109 Å². The Kier molecular flexibility index (Phi) is 3.79. The minimum absolute atomic E-state index is 0.502. The van der Waals surface area contributed by atoms with E-state index >= 15 is 0 Å². The Bertz CT molecular complexity index is 546. The van der Waals surface area contributed by atoms with Gasteiger partial charge in [0, 0.05) is 4.47 Å². The Morgan fingerprint density at radius 2 is 1.88 bits per heavy atom. The van der Waals surface area contributed by atoms with E-state index in [2.05, 4.69) is 22.0 Å². The molecule has 84 valence electrons. The zero-order chi connectivity index (χ0) is 12.1. The van der Waals surface area contributed by atoms with Gasteiger partial charge in [-0.05, 0) is 23.8 Å². The lowest BCUT2D eigenvalue weighted by Gasteiger charge is -2.07. The van der Waals surface area contributed by atoms with Crippen LogP contribution in [0.15, 0.2) is 53.0 Å². The normalized spacial score (nSPS) is 9.65. The number of hydrogen-bond donors (Lipinski definition) is 0. The second-order valence-corrected chi connectivity index (χ2v) is 4.48. The number of nitrogens with zero attached hydrogens (tertiary/aromatic N) is 1. The van der Waals surface area contributed by atoms with Gasteiger partial charge >= 0.3 is 0 Å². The van der Waals surface area contributed by atoms with E-state index in [1.165, 1.54) is 0 Å². The SMILES string of the molecule is N#Cc1cc(Br)cc(OCc2ccccc2)c1. The van der Waals surface area contributed by atoms with Gasteiger partial charge in [0.2, 0.25) is 0 Å². The summed E-state index contributed by atoms with van der Waals surface area (Å²) in [5.74, 6) is 0.694. The minimum atomic E-state index is 0.502. The van der Waals surface area contributed by atoms with Gasteiger partial charge in [-0.15, -0.1) is 0 Å². The summed E-state index contributed by atoms with van der Waals surface area (Å²) in [7, 11) is 0. The number of rotatable bonds is 3. The van der Waals surface area contributed by atoms with Gasteiger partial charge < -0.3 is 4.74 Å². The molecule has 0 radical (unpaired) electrons. The van der Waals surface area contributed by atoms with Gasteiger partial charge in [-0.2, -0.15) is 5.26 Å². The maximum Gasteiger partial charge on any atom is 0.122 e. The van der Waals surface area contributed by atoms with Crippen molar-refractivity contribution in [1.29, 1.82) is 5.26 Å². The highest BCUT2D eigenvalue weighted by molar-refractivity contribution is 9.10. The van der Waals surface area contributed by atoms with Gasteiger partial charge in [-0.3, -0.25) is 0 Å². The van der Waals surface area contributed by atoms with Gasteiger partial charge in [-0.1, -0.05) is 46.3 Å². The van der Waals surface area contributed by atoms with E-state index in [1.807, 2.05) is 36.4 Å². The average molecular weight is 288 g/mol. The molecule has 0 aromatic heterocycles. The summed E-state index contributed by atoms with van der Waals surface area (Å²) < 4.78 is 6.48. The van der Waals surface area contributed by atoms with E-state index in [9.17, 15) is 0 Å². The summed E-state index contributed by atoms with van der Waals surface area (Å²) in [6.07, 6.45) is 0. The molecule has 2 nitrogen and oxygen atoms in total. The lowest BCUT2D eigenvalue weighted by molar-refractivity contribution is 0.306. The highest BCUT2D eigenvalue weighted by Crippen LogP contribution is 2.21. The molecule has 0 bridgehead atoms. The van der Waals surface area contributed by atoms with Gasteiger partial charge in [0.05, 0.1) is 11.6 Å². The van der Waals surface area contributed by atoms with Gasteiger partial charge in [0.1, 0.15) is 12.4 Å². The van der Waals surface area contributed by atoms with Crippen molar-refractivity contribution in [1.82, 2.24) is 0 Å². The van der Waals surface area contributed by atoms with Crippen molar-refractivity contribution < 1.29 is 4.74 Å². The van der Waals surface area contributed by atoms with Crippen LogP contribution >= 0.6 is 15.9 Å². The van der Waals surface area contributed by atoms with Gasteiger partial charge in [0.15, 0.2) is 0 Å². The van der Waals surface area contributed by atoms with Gasteiger partial charge in [0.25, 0.3) is 0 Å². The third-order valence-corrected chi connectivity index (χ3v) is 2.71. The molecule has 0 unspecified atom stereocenters. The van der Waals surface area contributed by atoms with Crippen LogP contribution in [-0.2, 0) is 6.61 Å². The zero-order valence-electron chi connectivity index (χ0n) is 9.06. The van der Waals surface area contributed by atoms with Gasteiger partial charge in [-0.25, -0.2) is 0 Å². The van der Waals surface area contributed by atoms with Crippen LogP contribution in [0.3, 0.4) is 0 Å². The molecule has 0 amide bonds. The molecule has 0 saturated carbocycles. The fraction of sp³-hybridized carbons (Fsp3) is 0.0714. The average Bonchev–Trinajstić information content (AvgIpc) is 2.37. The molecule has 0 aliphatic carbocycles. The van der Waals surface area contributed by atoms with Crippen LogP contribution in [0, 0.1) is 11.3 Å². The van der Waals surface area contributed by atoms with E-state index in [-0.39, 0.29) is 0 Å². The topological polar surface area (TPSA) is 33.0 Å². The fourth-order valence-electron chi connectivity index (χ4n) is 1.45. The van der Waals surface area contributed by atoms with Crippen LogP contribution in [0.5, 0.6) is 5.75 Å². The number of ether oxygens (including phenoxy) is 1. The molecule has 17 heavy (non-hydrogen) atoms. The largest absolute Gasteiger partial charge is 0.489 e. The number of hydrogen-bond acceptors (Lipinski definition) is 2. The highest BCUT2D eigenvalue weighted by atomic mass is 79.9. The summed E-state index contributed by atoms with van der Waals surface area (Å²) >= 11 is 3.35. The molecule has 2 aromatic rings. The van der Waals surface area contributed by atoms with Crippen LogP contribution in [0.4, 0.5) is 0 Å². The molecule has 3 heteroatoms. The summed E-state index contributed by atoms with van der Waals surface area (Å²) in [5.41, 5.74) is 1.69. The van der Waals surface area contributed by atoms with Crippen molar-refractivity contribution in [2.24, 2.45) is 0 Å². The van der Waals surface area contributed by atoms with Crippen LogP contribution in [0.1, 0.15) is 11.1 Å². The van der Waals surface area contributed by atoms with E-state index < -0.39 is 0 Å². The van der Waals surface area contributed by atoms with Crippen LogP contribution in [0.2, 0.25) is 0 Å². The second-order valence-electron chi connectivity index (χ2n) is 3.56. The summed E-state index contributed by atoms with van der Waals surface area (Å²) in [6.45, 7) is 0.502. The first-order valence-corrected chi connectivity index (χ1v) is 5.94. The molecular formula is C14H10BrNO. The van der Waals surface area contributed by atoms with E-state index in [4.69, 9.17) is 10.00 Å². The first-order valence-electron chi connectivity index (χ1n) is 5.15.